The van der Waals surface area contributed by atoms with Crippen molar-refractivity contribution in [3.63, 3.8) is 0 Å². The van der Waals surface area contributed by atoms with Gasteiger partial charge in [0, 0.05) is 25.1 Å². The molecule has 0 aliphatic carbocycles. The molecule has 0 bridgehead atoms. The number of halogens is 2. The summed E-state index contributed by atoms with van der Waals surface area (Å²) >= 11 is 12.2. The van der Waals surface area contributed by atoms with Gasteiger partial charge in [-0.3, -0.25) is 10.1 Å². The summed E-state index contributed by atoms with van der Waals surface area (Å²) in [7, 11) is 0. The van der Waals surface area contributed by atoms with E-state index in [1.807, 2.05) is 18.2 Å². The van der Waals surface area contributed by atoms with E-state index in [4.69, 9.17) is 23.2 Å². The lowest BCUT2D eigenvalue weighted by atomic mass is 9.76. The summed E-state index contributed by atoms with van der Waals surface area (Å²) in [4.78, 5) is 16.0. The quantitative estimate of drug-likeness (QED) is 0.771. The third kappa shape index (κ3) is 3.67. The molecule has 1 unspecified atom stereocenters. The van der Waals surface area contributed by atoms with Crippen molar-refractivity contribution in [2.75, 3.05) is 26.2 Å². The van der Waals surface area contributed by atoms with Crippen molar-refractivity contribution in [2.45, 2.75) is 31.2 Å². The van der Waals surface area contributed by atoms with E-state index in [1.54, 1.807) is 18.2 Å². The Hall–Kier alpha value is -1.59. The van der Waals surface area contributed by atoms with Gasteiger partial charge in [0.25, 0.3) is 0 Å². The van der Waals surface area contributed by atoms with E-state index in [0.29, 0.717) is 29.6 Å². The molecule has 4 rings (SSSR count). The number of likely N-dealkylation sites (tertiary alicyclic amines) is 1. The highest BCUT2D eigenvalue weighted by atomic mass is 35.5. The third-order valence-electron chi connectivity index (χ3n) is 5.90. The number of Topliss-reactive ketones (excluding diaryl/α,β-unsaturated/α-hetero) is 1. The SMILES string of the molecule is O=C(Cc1ccc(Cl)c(Cl)c1)C1(CN2CCCC2)NCCc2c(O)cccc21. The van der Waals surface area contributed by atoms with E-state index < -0.39 is 5.54 Å². The van der Waals surface area contributed by atoms with Gasteiger partial charge in [0.1, 0.15) is 11.3 Å². The molecule has 0 amide bonds. The van der Waals surface area contributed by atoms with Crippen molar-refractivity contribution < 1.29 is 9.90 Å². The molecule has 2 aliphatic heterocycles. The molecule has 1 saturated heterocycles. The number of benzene rings is 2. The van der Waals surface area contributed by atoms with Crippen LogP contribution in [-0.4, -0.2) is 42.0 Å². The average molecular weight is 419 g/mol. The van der Waals surface area contributed by atoms with Gasteiger partial charge in [0.2, 0.25) is 0 Å². The van der Waals surface area contributed by atoms with Crippen LogP contribution in [0.15, 0.2) is 36.4 Å². The summed E-state index contributed by atoms with van der Waals surface area (Å²) in [5.74, 6) is 0.358. The highest BCUT2D eigenvalue weighted by Gasteiger charge is 2.45. The first-order chi connectivity index (χ1) is 13.5. The molecule has 0 aromatic heterocycles. The van der Waals surface area contributed by atoms with Crippen LogP contribution < -0.4 is 5.32 Å². The van der Waals surface area contributed by atoms with Crippen molar-refractivity contribution in [3.8, 4) is 5.75 Å². The zero-order valence-corrected chi connectivity index (χ0v) is 17.2. The minimum absolute atomic E-state index is 0.0874. The molecule has 148 valence electrons. The molecule has 4 nitrogen and oxygen atoms in total. The molecule has 2 N–H and O–H groups in total. The lowest BCUT2D eigenvalue weighted by Gasteiger charge is -2.41. The van der Waals surface area contributed by atoms with Gasteiger partial charge in [-0.2, -0.15) is 0 Å². The van der Waals surface area contributed by atoms with Crippen LogP contribution in [0.1, 0.15) is 29.5 Å². The highest BCUT2D eigenvalue weighted by Crippen LogP contribution is 2.37. The number of hydrogen-bond acceptors (Lipinski definition) is 4. The second kappa shape index (κ2) is 8.03. The summed E-state index contributed by atoms with van der Waals surface area (Å²) in [5.41, 5.74) is 1.79. The van der Waals surface area contributed by atoms with Gasteiger partial charge in [0.15, 0.2) is 5.78 Å². The van der Waals surface area contributed by atoms with Gasteiger partial charge in [0.05, 0.1) is 10.0 Å². The van der Waals surface area contributed by atoms with Crippen LogP contribution in [0.4, 0.5) is 0 Å². The molecule has 0 saturated carbocycles. The van der Waals surface area contributed by atoms with Crippen LogP contribution in [-0.2, 0) is 23.2 Å². The second-order valence-corrected chi connectivity index (χ2v) is 8.53. The molecule has 1 fully saturated rings. The molecule has 2 aromatic rings. The predicted octanol–water partition coefficient (Wildman–Crippen LogP) is 3.95. The maximum Gasteiger partial charge on any atom is 0.163 e. The van der Waals surface area contributed by atoms with E-state index in [1.165, 1.54) is 0 Å². The van der Waals surface area contributed by atoms with E-state index >= 15 is 0 Å². The van der Waals surface area contributed by atoms with Crippen LogP contribution in [0.2, 0.25) is 10.0 Å². The molecule has 2 heterocycles. The Morgan fingerprint density at radius 3 is 2.68 bits per heavy atom. The average Bonchev–Trinajstić information content (AvgIpc) is 3.18. The number of phenolic OH excluding ortho intramolecular Hbond substituents is 1. The molecule has 0 radical (unpaired) electrons. The number of hydrogen-bond donors (Lipinski definition) is 2. The monoisotopic (exact) mass is 418 g/mol. The smallest absolute Gasteiger partial charge is 0.163 e. The Bertz CT molecular complexity index is 896. The van der Waals surface area contributed by atoms with Crippen molar-refractivity contribution in [1.82, 2.24) is 10.2 Å². The zero-order valence-electron chi connectivity index (χ0n) is 15.7. The Morgan fingerprint density at radius 1 is 1.14 bits per heavy atom. The molecule has 2 aromatic carbocycles. The number of phenols is 1. The van der Waals surface area contributed by atoms with E-state index in [0.717, 1.165) is 42.6 Å². The fraction of sp³-hybridized carbons (Fsp3) is 0.409. The van der Waals surface area contributed by atoms with Crippen LogP contribution in [0.25, 0.3) is 0 Å². The lowest BCUT2D eigenvalue weighted by Crippen LogP contribution is -2.59. The lowest BCUT2D eigenvalue weighted by molar-refractivity contribution is -0.126. The van der Waals surface area contributed by atoms with Crippen molar-refractivity contribution in [3.05, 3.63) is 63.1 Å². The van der Waals surface area contributed by atoms with Crippen LogP contribution in [0, 0.1) is 0 Å². The molecular formula is C22H24Cl2N2O2. The normalized spacial score (nSPS) is 22.2. The van der Waals surface area contributed by atoms with Gasteiger partial charge >= 0.3 is 0 Å². The van der Waals surface area contributed by atoms with Crippen LogP contribution in [0.5, 0.6) is 5.75 Å². The van der Waals surface area contributed by atoms with Gasteiger partial charge in [-0.1, -0.05) is 41.4 Å². The maximum atomic E-state index is 13.7. The van der Waals surface area contributed by atoms with E-state index in [-0.39, 0.29) is 18.0 Å². The van der Waals surface area contributed by atoms with Crippen molar-refractivity contribution >= 4 is 29.0 Å². The Labute approximate surface area is 175 Å². The third-order valence-corrected chi connectivity index (χ3v) is 6.64. The van der Waals surface area contributed by atoms with Crippen LogP contribution >= 0.6 is 23.2 Å². The summed E-state index contributed by atoms with van der Waals surface area (Å²) in [5, 5.41) is 14.9. The van der Waals surface area contributed by atoms with Gasteiger partial charge in [-0.05, 0) is 61.7 Å². The standard InChI is InChI=1S/C22H24Cl2N2O2/c23-18-7-6-15(12-19(18)24)13-21(28)22(14-26-10-1-2-11-26)17-4-3-5-20(27)16(17)8-9-25-22/h3-7,12,25,27H,1-2,8-11,13-14H2. The number of ketones is 1. The van der Waals surface area contributed by atoms with Gasteiger partial charge < -0.3 is 10.0 Å². The van der Waals surface area contributed by atoms with Crippen LogP contribution in [0.3, 0.4) is 0 Å². The minimum Gasteiger partial charge on any atom is -0.508 e. The van der Waals surface area contributed by atoms with E-state index in [9.17, 15) is 9.90 Å². The number of carbonyl (C=O) groups excluding carboxylic acids is 1. The molecular weight excluding hydrogens is 395 g/mol. The Balaban J connectivity index is 1.73. The maximum absolute atomic E-state index is 13.7. The molecule has 0 spiro atoms. The Kier molecular flexibility index (Phi) is 5.66. The minimum atomic E-state index is -0.831. The largest absolute Gasteiger partial charge is 0.508 e. The molecule has 2 aliphatic rings. The second-order valence-electron chi connectivity index (χ2n) is 7.72. The molecule has 6 heteroatoms. The number of rotatable bonds is 5. The molecule has 1 atom stereocenters. The predicted molar refractivity (Wildman–Crippen MR) is 112 cm³/mol. The number of carbonyl (C=O) groups is 1. The molecule has 28 heavy (non-hydrogen) atoms. The highest BCUT2D eigenvalue weighted by molar-refractivity contribution is 6.42. The first-order valence-electron chi connectivity index (χ1n) is 9.75. The first-order valence-corrected chi connectivity index (χ1v) is 10.5. The van der Waals surface area contributed by atoms with Gasteiger partial charge in [-0.15, -0.1) is 0 Å². The fourth-order valence-corrected chi connectivity index (χ4v) is 4.79. The summed E-state index contributed by atoms with van der Waals surface area (Å²) in [6.45, 7) is 3.27. The number of nitrogens with zero attached hydrogens (tertiary/aromatic N) is 1. The topological polar surface area (TPSA) is 52.6 Å². The van der Waals surface area contributed by atoms with Crippen molar-refractivity contribution in [2.24, 2.45) is 0 Å². The summed E-state index contributed by atoms with van der Waals surface area (Å²) < 4.78 is 0. The number of fused-ring (bicyclic) bond motifs is 1. The summed E-state index contributed by atoms with van der Waals surface area (Å²) in [6.07, 6.45) is 3.28. The Morgan fingerprint density at radius 2 is 1.93 bits per heavy atom. The summed E-state index contributed by atoms with van der Waals surface area (Å²) in [6, 6.07) is 10.8. The van der Waals surface area contributed by atoms with E-state index in [2.05, 4.69) is 10.2 Å². The van der Waals surface area contributed by atoms with Crippen molar-refractivity contribution in [1.29, 1.82) is 0 Å². The first kappa shape index (κ1) is 19.7. The fourth-order valence-electron chi connectivity index (χ4n) is 4.47. The number of nitrogens with one attached hydrogen (secondary N) is 1. The number of aromatic hydroxyl groups is 1. The van der Waals surface area contributed by atoms with Gasteiger partial charge in [-0.25, -0.2) is 0 Å². The zero-order chi connectivity index (χ0) is 19.7.